The van der Waals surface area contributed by atoms with Crippen molar-refractivity contribution in [3.05, 3.63) is 0 Å². The standard InChI is InChI=1S/C8H14O4.C4H8O3.C2H6/c1-6(8(10)12-3)4-5-7(9)11-2;1-3(5)4(6)7-2;1-2/h6H,4-5H2,1-3H3;3,5H,1-2H3;1-2H3. The van der Waals surface area contributed by atoms with Crippen molar-refractivity contribution in [1.82, 2.24) is 0 Å². The van der Waals surface area contributed by atoms with E-state index in [1.54, 1.807) is 6.92 Å². The van der Waals surface area contributed by atoms with Gasteiger partial charge in [0.05, 0.1) is 27.2 Å². The van der Waals surface area contributed by atoms with Crippen LogP contribution in [0.4, 0.5) is 0 Å². The summed E-state index contributed by atoms with van der Waals surface area (Å²) in [5.74, 6) is -1.43. The Bertz CT molecular complexity index is 287. The molecule has 0 rings (SSSR count). The summed E-state index contributed by atoms with van der Waals surface area (Å²) in [6, 6.07) is 0. The van der Waals surface area contributed by atoms with Gasteiger partial charge in [-0.2, -0.15) is 0 Å². The summed E-state index contributed by atoms with van der Waals surface area (Å²) in [5, 5.41) is 8.35. The molecule has 0 heterocycles. The van der Waals surface area contributed by atoms with E-state index in [1.807, 2.05) is 13.8 Å². The third-order valence-electron chi connectivity index (χ3n) is 2.15. The fraction of sp³-hybridized carbons (Fsp3) is 0.786. The topological polar surface area (TPSA) is 99.1 Å². The molecule has 0 radical (unpaired) electrons. The molecular formula is C14H28O7. The molecule has 21 heavy (non-hydrogen) atoms. The summed E-state index contributed by atoms with van der Waals surface area (Å²) in [4.78, 5) is 31.5. The van der Waals surface area contributed by atoms with Crippen LogP contribution in [0, 0.1) is 5.92 Å². The van der Waals surface area contributed by atoms with Gasteiger partial charge >= 0.3 is 17.9 Å². The predicted molar refractivity (Wildman–Crippen MR) is 77.5 cm³/mol. The van der Waals surface area contributed by atoms with Gasteiger partial charge in [0.25, 0.3) is 0 Å². The van der Waals surface area contributed by atoms with Crippen molar-refractivity contribution in [2.24, 2.45) is 5.92 Å². The van der Waals surface area contributed by atoms with E-state index >= 15 is 0 Å². The molecule has 126 valence electrons. The SMILES string of the molecule is CC.COC(=O)C(C)O.COC(=O)CCC(C)C(=O)OC. The van der Waals surface area contributed by atoms with Gasteiger partial charge in [-0.15, -0.1) is 0 Å². The smallest absolute Gasteiger partial charge is 0.334 e. The Labute approximate surface area is 126 Å². The lowest BCUT2D eigenvalue weighted by molar-refractivity contribution is -0.149. The molecule has 0 aromatic heterocycles. The average Bonchev–Trinajstić information content (AvgIpc) is 2.52. The Morgan fingerprint density at radius 1 is 0.905 bits per heavy atom. The van der Waals surface area contributed by atoms with Gasteiger partial charge in [-0.3, -0.25) is 9.59 Å². The van der Waals surface area contributed by atoms with E-state index in [1.165, 1.54) is 28.3 Å². The third kappa shape index (κ3) is 16.3. The maximum absolute atomic E-state index is 10.8. The van der Waals surface area contributed by atoms with Gasteiger partial charge in [-0.05, 0) is 13.3 Å². The lowest BCUT2D eigenvalue weighted by atomic mass is 10.1. The fourth-order valence-corrected chi connectivity index (χ4v) is 0.926. The predicted octanol–water partition coefficient (Wildman–Crippen LogP) is 1.32. The Morgan fingerprint density at radius 2 is 1.33 bits per heavy atom. The maximum Gasteiger partial charge on any atom is 0.334 e. The molecule has 1 N–H and O–H groups in total. The van der Waals surface area contributed by atoms with Crippen LogP contribution in [0.1, 0.15) is 40.5 Å². The number of hydrogen-bond acceptors (Lipinski definition) is 7. The minimum absolute atomic E-state index is 0.242. The van der Waals surface area contributed by atoms with Crippen LogP contribution >= 0.6 is 0 Å². The molecule has 0 aliphatic heterocycles. The van der Waals surface area contributed by atoms with Crippen molar-refractivity contribution in [1.29, 1.82) is 0 Å². The summed E-state index contributed by atoms with van der Waals surface area (Å²) >= 11 is 0. The number of ether oxygens (including phenoxy) is 3. The molecule has 0 aromatic carbocycles. The molecule has 7 nitrogen and oxygen atoms in total. The number of aliphatic hydroxyl groups excluding tert-OH is 1. The van der Waals surface area contributed by atoms with Crippen LogP contribution in [-0.2, 0) is 28.6 Å². The van der Waals surface area contributed by atoms with Crippen molar-refractivity contribution in [2.75, 3.05) is 21.3 Å². The first kappa shape index (κ1) is 24.4. The van der Waals surface area contributed by atoms with Gasteiger partial charge < -0.3 is 19.3 Å². The zero-order valence-electron chi connectivity index (χ0n) is 14.0. The second-order valence-corrected chi connectivity index (χ2v) is 3.74. The highest BCUT2D eigenvalue weighted by Crippen LogP contribution is 2.07. The van der Waals surface area contributed by atoms with Gasteiger partial charge in [0.2, 0.25) is 0 Å². The zero-order chi connectivity index (χ0) is 17.4. The minimum atomic E-state index is -0.995. The van der Waals surface area contributed by atoms with Crippen LogP contribution in [0.15, 0.2) is 0 Å². The number of carbonyl (C=O) groups excluding carboxylic acids is 3. The van der Waals surface area contributed by atoms with Gasteiger partial charge in [0.1, 0.15) is 6.10 Å². The molecule has 0 saturated heterocycles. The number of rotatable bonds is 5. The molecule has 0 spiro atoms. The van der Waals surface area contributed by atoms with E-state index in [4.69, 9.17) is 5.11 Å². The number of aliphatic hydroxyl groups is 1. The van der Waals surface area contributed by atoms with Gasteiger partial charge in [0.15, 0.2) is 0 Å². The summed E-state index contributed by atoms with van der Waals surface area (Å²) in [6.45, 7) is 7.07. The van der Waals surface area contributed by atoms with Crippen LogP contribution in [0.2, 0.25) is 0 Å². The average molecular weight is 308 g/mol. The zero-order valence-corrected chi connectivity index (χ0v) is 14.0. The van der Waals surface area contributed by atoms with Crippen LogP contribution in [-0.4, -0.2) is 50.4 Å². The normalized spacial score (nSPS) is 11.4. The van der Waals surface area contributed by atoms with Crippen molar-refractivity contribution in [3.8, 4) is 0 Å². The van der Waals surface area contributed by atoms with E-state index < -0.39 is 12.1 Å². The molecule has 2 unspecified atom stereocenters. The van der Waals surface area contributed by atoms with Crippen molar-refractivity contribution in [2.45, 2.75) is 46.6 Å². The van der Waals surface area contributed by atoms with Crippen molar-refractivity contribution in [3.63, 3.8) is 0 Å². The Hall–Kier alpha value is -1.63. The second kappa shape index (κ2) is 16.4. The van der Waals surface area contributed by atoms with Crippen LogP contribution < -0.4 is 0 Å². The first-order valence-corrected chi connectivity index (χ1v) is 6.70. The monoisotopic (exact) mass is 308 g/mol. The summed E-state index contributed by atoms with van der Waals surface area (Å²) in [7, 11) is 3.89. The van der Waals surface area contributed by atoms with E-state index in [2.05, 4.69) is 14.2 Å². The highest BCUT2D eigenvalue weighted by Gasteiger charge is 2.14. The second-order valence-electron chi connectivity index (χ2n) is 3.74. The molecule has 0 amide bonds. The molecular weight excluding hydrogens is 280 g/mol. The number of methoxy groups -OCH3 is 3. The number of esters is 3. The molecule has 0 aromatic rings. The summed E-state index contributed by atoms with van der Waals surface area (Å²) < 4.78 is 13.0. The molecule has 7 heteroatoms. The lowest BCUT2D eigenvalue weighted by Gasteiger charge is -2.06. The Morgan fingerprint density at radius 3 is 1.57 bits per heavy atom. The number of hydrogen-bond donors (Lipinski definition) is 1. The molecule has 2 atom stereocenters. The summed E-state index contributed by atoms with van der Waals surface area (Å²) in [5.41, 5.74) is 0. The van der Waals surface area contributed by atoms with Crippen LogP contribution in [0.3, 0.4) is 0 Å². The highest BCUT2D eigenvalue weighted by atomic mass is 16.5. The minimum Gasteiger partial charge on any atom is -0.469 e. The molecule has 0 aliphatic carbocycles. The first-order valence-electron chi connectivity index (χ1n) is 6.70. The van der Waals surface area contributed by atoms with Gasteiger partial charge in [0, 0.05) is 6.42 Å². The van der Waals surface area contributed by atoms with E-state index in [9.17, 15) is 14.4 Å². The Kier molecular flexibility index (Phi) is 19.1. The largest absolute Gasteiger partial charge is 0.469 e. The quantitative estimate of drug-likeness (QED) is 0.604. The molecule has 0 bridgehead atoms. The fourth-order valence-electron chi connectivity index (χ4n) is 0.926. The molecule has 0 saturated carbocycles. The Balaban J connectivity index is -0.000000307. The molecule has 0 fully saturated rings. The summed E-state index contributed by atoms with van der Waals surface area (Å²) in [6.07, 6.45) is -0.267. The third-order valence-corrected chi connectivity index (χ3v) is 2.15. The van der Waals surface area contributed by atoms with Gasteiger partial charge in [-0.1, -0.05) is 20.8 Å². The van der Waals surface area contributed by atoms with Crippen molar-refractivity contribution >= 4 is 17.9 Å². The van der Waals surface area contributed by atoms with Crippen LogP contribution in [0.25, 0.3) is 0 Å². The van der Waals surface area contributed by atoms with Gasteiger partial charge in [-0.25, -0.2) is 4.79 Å². The van der Waals surface area contributed by atoms with E-state index in [-0.39, 0.29) is 24.3 Å². The lowest BCUT2D eigenvalue weighted by Crippen LogP contribution is -2.16. The van der Waals surface area contributed by atoms with E-state index in [0.29, 0.717) is 6.42 Å². The van der Waals surface area contributed by atoms with Crippen molar-refractivity contribution < 1.29 is 33.7 Å². The first-order chi connectivity index (χ1) is 9.79. The number of carbonyl (C=O) groups is 3. The van der Waals surface area contributed by atoms with Crippen LogP contribution in [0.5, 0.6) is 0 Å². The van der Waals surface area contributed by atoms with E-state index in [0.717, 1.165) is 0 Å². The highest BCUT2D eigenvalue weighted by molar-refractivity contribution is 5.74. The maximum atomic E-state index is 10.8. The molecule has 0 aliphatic rings.